The van der Waals surface area contributed by atoms with E-state index >= 15 is 0 Å². The van der Waals surface area contributed by atoms with E-state index in [2.05, 4.69) is 16.9 Å². The van der Waals surface area contributed by atoms with Gasteiger partial charge in [0.15, 0.2) is 5.78 Å². The SMILES string of the molecule is COc1cccc(C2NNC3CCN(C(=O)c4ccc(C(C)=O)cc4)CC32)c1. The van der Waals surface area contributed by atoms with E-state index in [4.69, 9.17) is 4.74 Å². The molecule has 1 amide bonds. The maximum absolute atomic E-state index is 13.0. The van der Waals surface area contributed by atoms with Crippen LogP contribution >= 0.6 is 0 Å². The molecule has 6 heteroatoms. The molecule has 2 aliphatic rings. The molecule has 3 atom stereocenters. The van der Waals surface area contributed by atoms with Crippen LogP contribution < -0.4 is 15.6 Å². The molecule has 0 aromatic heterocycles. The lowest BCUT2D eigenvalue weighted by molar-refractivity contribution is 0.0652. The summed E-state index contributed by atoms with van der Waals surface area (Å²) >= 11 is 0. The van der Waals surface area contributed by atoms with Crippen molar-refractivity contribution in [3.63, 3.8) is 0 Å². The quantitative estimate of drug-likeness (QED) is 0.799. The number of benzene rings is 2. The Labute approximate surface area is 164 Å². The smallest absolute Gasteiger partial charge is 0.253 e. The van der Waals surface area contributed by atoms with Gasteiger partial charge in [0.1, 0.15) is 5.75 Å². The van der Waals surface area contributed by atoms with Gasteiger partial charge in [0.2, 0.25) is 0 Å². The fraction of sp³-hybridized carbons (Fsp3) is 0.364. The van der Waals surface area contributed by atoms with Gasteiger partial charge in [-0.15, -0.1) is 0 Å². The van der Waals surface area contributed by atoms with Crippen LogP contribution in [0.2, 0.25) is 0 Å². The summed E-state index contributed by atoms with van der Waals surface area (Å²) in [6.45, 7) is 2.92. The van der Waals surface area contributed by atoms with Crippen LogP contribution in [-0.2, 0) is 0 Å². The van der Waals surface area contributed by atoms with E-state index in [1.807, 2.05) is 23.1 Å². The van der Waals surface area contributed by atoms with Gasteiger partial charge in [-0.3, -0.25) is 15.0 Å². The number of likely N-dealkylation sites (tertiary alicyclic amines) is 1. The monoisotopic (exact) mass is 379 g/mol. The van der Waals surface area contributed by atoms with Gasteiger partial charge in [-0.25, -0.2) is 5.43 Å². The van der Waals surface area contributed by atoms with Gasteiger partial charge >= 0.3 is 0 Å². The minimum Gasteiger partial charge on any atom is -0.497 e. The number of rotatable bonds is 4. The van der Waals surface area contributed by atoms with Crippen LogP contribution in [0.15, 0.2) is 48.5 Å². The molecule has 0 bridgehead atoms. The second-order valence-electron chi connectivity index (χ2n) is 7.49. The molecule has 0 saturated carbocycles. The average molecular weight is 379 g/mol. The molecule has 0 spiro atoms. The molecule has 2 heterocycles. The third kappa shape index (κ3) is 3.53. The third-order valence-corrected chi connectivity index (χ3v) is 5.79. The van der Waals surface area contributed by atoms with Crippen molar-refractivity contribution in [1.29, 1.82) is 0 Å². The summed E-state index contributed by atoms with van der Waals surface area (Å²) in [5.74, 6) is 1.13. The van der Waals surface area contributed by atoms with Crippen LogP contribution in [-0.4, -0.2) is 42.8 Å². The summed E-state index contributed by atoms with van der Waals surface area (Å²) in [5.41, 5.74) is 9.20. The van der Waals surface area contributed by atoms with Crippen LogP contribution in [0.4, 0.5) is 0 Å². The lowest BCUT2D eigenvalue weighted by atomic mass is 9.85. The molecular weight excluding hydrogens is 354 g/mol. The van der Waals surface area contributed by atoms with E-state index in [1.165, 1.54) is 6.92 Å². The zero-order valence-corrected chi connectivity index (χ0v) is 16.1. The van der Waals surface area contributed by atoms with Gasteiger partial charge in [-0.1, -0.05) is 24.3 Å². The number of ether oxygens (including phenoxy) is 1. The van der Waals surface area contributed by atoms with Crippen LogP contribution in [0.5, 0.6) is 5.75 Å². The lowest BCUT2D eigenvalue weighted by Crippen LogP contribution is -2.47. The van der Waals surface area contributed by atoms with E-state index in [0.717, 1.165) is 17.7 Å². The third-order valence-electron chi connectivity index (χ3n) is 5.79. The van der Waals surface area contributed by atoms with E-state index in [1.54, 1.807) is 31.4 Å². The van der Waals surface area contributed by atoms with Crippen LogP contribution in [0.25, 0.3) is 0 Å². The Morgan fingerprint density at radius 3 is 2.54 bits per heavy atom. The number of Topliss-reactive ketones (excluding diaryl/α,β-unsaturated/α-hetero) is 1. The number of hydrogen-bond donors (Lipinski definition) is 2. The number of methoxy groups -OCH3 is 1. The highest BCUT2D eigenvalue weighted by Gasteiger charge is 2.41. The van der Waals surface area contributed by atoms with Gasteiger partial charge in [0, 0.05) is 36.2 Å². The number of nitrogens with one attached hydrogen (secondary N) is 2. The molecule has 28 heavy (non-hydrogen) atoms. The molecule has 2 aromatic carbocycles. The summed E-state index contributed by atoms with van der Waals surface area (Å²) in [6.07, 6.45) is 0.898. The number of carbonyl (C=O) groups is 2. The zero-order valence-electron chi connectivity index (χ0n) is 16.1. The van der Waals surface area contributed by atoms with Gasteiger partial charge in [-0.2, -0.15) is 0 Å². The molecule has 2 fully saturated rings. The van der Waals surface area contributed by atoms with E-state index in [-0.39, 0.29) is 23.7 Å². The number of ketones is 1. The van der Waals surface area contributed by atoms with Crippen molar-refractivity contribution in [3.8, 4) is 5.75 Å². The van der Waals surface area contributed by atoms with Crippen LogP contribution in [0, 0.1) is 5.92 Å². The Morgan fingerprint density at radius 2 is 1.82 bits per heavy atom. The summed E-state index contributed by atoms with van der Waals surface area (Å²) in [4.78, 5) is 26.4. The second kappa shape index (κ2) is 7.73. The molecule has 146 valence electrons. The van der Waals surface area contributed by atoms with E-state index < -0.39 is 0 Å². The lowest BCUT2D eigenvalue weighted by Gasteiger charge is -2.36. The van der Waals surface area contributed by atoms with Crippen molar-refractivity contribution < 1.29 is 14.3 Å². The maximum atomic E-state index is 13.0. The summed E-state index contributed by atoms with van der Waals surface area (Å²) in [6, 6.07) is 15.5. The fourth-order valence-electron chi connectivity index (χ4n) is 4.18. The highest BCUT2D eigenvalue weighted by Crippen LogP contribution is 2.35. The molecule has 2 aromatic rings. The van der Waals surface area contributed by atoms with Crippen molar-refractivity contribution in [3.05, 3.63) is 65.2 Å². The average Bonchev–Trinajstić information content (AvgIpc) is 3.16. The largest absolute Gasteiger partial charge is 0.497 e. The molecule has 2 N–H and O–H groups in total. The predicted octanol–water partition coefficient (Wildman–Crippen LogP) is 2.58. The van der Waals surface area contributed by atoms with Crippen molar-refractivity contribution in [2.75, 3.05) is 20.2 Å². The Bertz CT molecular complexity index is 881. The standard InChI is InChI=1S/C22H25N3O3/c1-14(26)15-6-8-16(9-7-15)22(27)25-11-10-20-19(13-25)21(24-23-20)17-4-3-5-18(12-17)28-2/h3-9,12,19-21,23-24H,10-11,13H2,1-2H3. The van der Waals surface area contributed by atoms with Crippen LogP contribution in [0.1, 0.15) is 45.7 Å². The number of nitrogens with zero attached hydrogens (tertiary/aromatic N) is 1. The number of fused-ring (bicyclic) bond motifs is 1. The minimum atomic E-state index is 0.00375. The number of carbonyl (C=O) groups excluding carboxylic acids is 2. The topological polar surface area (TPSA) is 70.7 Å². The number of hydrazine groups is 1. The van der Waals surface area contributed by atoms with Crippen molar-refractivity contribution >= 4 is 11.7 Å². The van der Waals surface area contributed by atoms with Crippen LogP contribution in [0.3, 0.4) is 0 Å². The van der Waals surface area contributed by atoms with Crippen molar-refractivity contribution in [2.45, 2.75) is 25.4 Å². The molecule has 0 aliphatic carbocycles. The summed E-state index contributed by atoms with van der Waals surface area (Å²) < 4.78 is 5.36. The Hall–Kier alpha value is -2.70. The number of piperidine rings is 1. The fourth-order valence-corrected chi connectivity index (χ4v) is 4.18. The highest BCUT2D eigenvalue weighted by atomic mass is 16.5. The predicted molar refractivity (Wildman–Crippen MR) is 106 cm³/mol. The Kier molecular flexibility index (Phi) is 5.15. The van der Waals surface area contributed by atoms with Gasteiger partial charge in [-0.05, 0) is 43.2 Å². The maximum Gasteiger partial charge on any atom is 0.253 e. The first-order chi connectivity index (χ1) is 13.6. The first kappa shape index (κ1) is 18.7. The number of amides is 1. The van der Waals surface area contributed by atoms with Gasteiger partial charge in [0.25, 0.3) is 5.91 Å². The number of hydrogen-bond acceptors (Lipinski definition) is 5. The van der Waals surface area contributed by atoms with Crippen molar-refractivity contribution in [2.24, 2.45) is 5.92 Å². The Morgan fingerprint density at radius 1 is 1.07 bits per heavy atom. The van der Waals surface area contributed by atoms with Gasteiger partial charge in [0.05, 0.1) is 13.2 Å². The molecule has 3 unspecified atom stereocenters. The molecule has 0 radical (unpaired) electrons. The molecule has 2 saturated heterocycles. The van der Waals surface area contributed by atoms with Crippen molar-refractivity contribution in [1.82, 2.24) is 15.8 Å². The highest BCUT2D eigenvalue weighted by molar-refractivity contribution is 5.97. The Balaban J connectivity index is 1.51. The summed E-state index contributed by atoms with van der Waals surface area (Å²) in [5, 5.41) is 0. The molecular formula is C22H25N3O3. The zero-order chi connectivity index (χ0) is 19.7. The minimum absolute atomic E-state index is 0.00375. The second-order valence-corrected chi connectivity index (χ2v) is 7.49. The molecule has 4 rings (SSSR count). The molecule has 2 aliphatic heterocycles. The summed E-state index contributed by atoms with van der Waals surface area (Å²) in [7, 11) is 1.67. The van der Waals surface area contributed by atoms with E-state index in [9.17, 15) is 9.59 Å². The van der Waals surface area contributed by atoms with E-state index in [0.29, 0.717) is 30.3 Å². The normalized spacial score (nSPS) is 23.9. The first-order valence-corrected chi connectivity index (χ1v) is 9.62. The first-order valence-electron chi connectivity index (χ1n) is 9.62. The molecule has 6 nitrogen and oxygen atoms in total. The van der Waals surface area contributed by atoms with Gasteiger partial charge < -0.3 is 9.64 Å².